The Bertz CT molecular complexity index is 527. The molecular weight excluding hydrogens is 232 g/mol. The number of hydrogen-bond donors (Lipinski definition) is 0. The van der Waals surface area contributed by atoms with Crippen LogP contribution in [-0.4, -0.2) is 0 Å². The predicted molar refractivity (Wildman–Crippen MR) is 64.0 cm³/mol. The van der Waals surface area contributed by atoms with E-state index in [1.165, 1.54) is 11.3 Å². The Morgan fingerprint density at radius 2 is 2.33 bits per heavy atom. The molecule has 0 aliphatic heterocycles. The van der Waals surface area contributed by atoms with Crippen LogP contribution in [-0.2, 0) is 6.42 Å². The first-order valence-corrected chi connectivity index (χ1v) is 6.18. The summed E-state index contributed by atoms with van der Waals surface area (Å²) in [5, 5.41) is 3.28. The normalized spacial score (nSPS) is 11.1. The van der Waals surface area contributed by atoms with Crippen molar-refractivity contribution in [1.82, 2.24) is 0 Å². The van der Waals surface area contributed by atoms with E-state index in [0.29, 0.717) is 15.5 Å². The van der Waals surface area contributed by atoms with Crippen LogP contribution in [0.3, 0.4) is 0 Å². The zero-order valence-electron chi connectivity index (χ0n) is 8.38. The van der Waals surface area contributed by atoms with E-state index in [1.54, 1.807) is 0 Å². The highest BCUT2D eigenvalue weighted by Crippen LogP contribution is 2.28. The molecule has 0 aliphatic rings. The summed E-state index contributed by atoms with van der Waals surface area (Å²) in [5.74, 6) is 0.620. The summed E-state index contributed by atoms with van der Waals surface area (Å²) in [6.07, 6.45) is 2.77. The van der Waals surface area contributed by atoms with Crippen molar-refractivity contribution < 1.29 is 4.42 Å². The van der Waals surface area contributed by atoms with Crippen molar-refractivity contribution in [2.24, 2.45) is 0 Å². The highest BCUT2D eigenvalue weighted by Gasteiger charge is 2.12. The molecule has 0 fully saturated rings. The molecule has 2 aromatic heterocycles. The fourth-order valence-corrected chi connectivity index (χ4v) is 2.61. The third kappa shape index (κ3) is 1.94. The number of aryl methyl sites for hydroxylation is 1. The molecule has 2 aromatic rings. The zero-order chi connectivity index (χ0) is 10.8. The quantitative estimate of drug-likeness (QED) is 0.818. The standard InChI is InChI=1S/C11H11ClO2S/c1-2-3-4-8-9(12)7-5-6-15-10(7)11(13)14-8/h5-6H,2-4H2,1H3. The van der Waals surface area contributed by atoms with Gasteiger partial charge in [0.2, 0.25) is 0 Å². The van der Waals surface area contributed by atoms with E-state index in [-0.39, 0.29) is 5.63 Å². The number of rotatable bonds is 3. The molecule has 15 heavy (non-hydrogen) atoms. The molecule has 80 valence electrons. The molecule has 0 radical (unpaired) electrons. The average Bonchev–Trinajstić information content (AvgIpc) is 2.70. The average molecular weight is 243 g/mol. The van der Waals surface area contributed by atoms with Crippen LogP contribution in [0.1, 0.15) is 25.5 Å². The third-order valence-electron chi connectivity index (χ3n) is 2.31. The highest BCUT2D eigenvalue weighted by atomic mass is 35.5. The fourth-order valence-electron chi connectivity index (χ4n) is 1.49. The van der Waals surface area contributed by atoms with Gasteiger partial charge in [-0.05, 0) is 17.9 Å². The minimum absolute atomic E-state index is 0.268. The summed E-state index contributed by atoms with van der Waals surface area (Å²) in [7, 11) is 0. The number of hydrogen-bond acceptors (Lipinski definition) is 3. The Morgan fingerprint density at radius 3 is 3.07 bits per heavy atom. The van der Waals surface area contributed by atoms with E-state index in [4.69, 9.17) is 16.0 Å². The van der Waals surface area contributed by atoms with E-state index in [0.717, 1.165) is 24.6 Å². The lowest BCUT2D eigenvalue weighted by molar-refractivity contribution is 0.461. The first-order valence-electron chi connectivity index (χ1n) is 4.92. The summed E-state index contributed by atoms with van der Waals surface area (Å²) < 4.78 is 5.82. The second-order valence-corrected chi connectivity index (χ2v) is 4.69. The predicted octanol–water partition coefficient (Wildman–Crippen LogP) is 3.85. The first kappa shape index (κ1) is 10.7. The lowest BCUT2D eigenvalue weighted by Gasteiger charge is -2.02. The summed E-state index contributed by atoms with van der Waals surface area (Å²) in [6, 6.07) is 1.87. The van der Waals surface area contributed by atoms with Gasteiger partial charge in [0.05, 0.1) is 5.02 Å². The van der Waals surface area contributed by atoms with Crippen LogP contribution in [0.5, 0.6) is 0 Å². The van der Waals surface area contributed by atoms with E-state index >= 15 is 0 Å². The van der Waals surface area contributed by atoms with Gasteiger partial charge in [-0.15, -0.1) is 11.3 Å². The van der Waals surface area contributed by atoms with Crippen molar-refractivity contribution >= 4 is 33.0 Å². The van der Waals surface area contributed by atoms with E-state index in [9.17, 15) is 4.79 Å². The van der Waals surface area contributed by atoms with Crippen molar-refractivity contribution in [3.05, 3.63) is 32.6 Å². The number of unbranched alkanes of at least 4 members (excludes halogenated alkanes) is 1. The molecule has 0 atom stereocenters. The van der Waals surface area contributed by atoms with Crippen LogP contribution in [0.25, 0.3) is 10.1 Å². The van der Waals surface area contributed by atoms with Crippen molar-refractivity contribution in [3.8, 4) is 0 Å². The Balaban J connectivity index is 2.56. The maximum atomic E-state index is 11.6. The maximum absolute atomic E-state index is 11.6. The van der Waals surface area contributed by atoms with Gasteiger partial charge in [0.25, 0.3) is 0 Å². The van der Waals surface area contributed by atoms with Crippen LogP contribution in [0, 0.1) is 0 Å². The molecule has 0 aromatic carbocycles. The van der Waals surface area contributed by atoms with Crippen LogP contribution in [0.4, 0.5) is 0 Å². The van der Waals surface area contributed by atoms with Crippen LogP contribution >= 0.6 is 22.9 Å². The summed E-state index contributed by atoms with van der Waals surface area (Å²) in [6.45, 7) is 2.09. The van der Waals surface area contributed by atoms with Gasteiger partial charge in [0.1, 0.15) is 10.5 Å². The van der Waals surface area contributed by atoms with Crippen molar-refractivity contribution in [2.45, 2.75) is 26.2 Å². The van der Waals surface area contributed by atoms with Crippen LogP contribution in [0.2, 0.25) is 5.02 Å². The zero-order valence-corrected chi connectivity index (χ0v) is 9.95. The third-order valence-corrected chi connectivity index (χ3v) is 3.61. The maximum Gasteiger partial charge on any atom is 0.354 e. The van der Waals surface area contributed by atoms with Crippen molar-refractivity contribution in [3.63, 3.8) is 0 Å². The Hall–Kier alpha value is -0.800. The number of thiophene rings is 1. The highest BCUT2D eigenvalue weighted by molar-refractivity contribution is 7.17. The van der Waals surface area contributed by atoms with Gasteiger partial charge in [0, 0.05) is 11.8 Å². The molecule has 4 heteroatoms. The minimum Gasteiger partial charge on any atom is -0.425 e. The number of fused-ring (bicyclic) bond motifs is 1. The Kier molecular flexibility index (Phi) is 3.12. The van der Waals surface area contributed by atoms with Gasteiger partial charge in [-0.3, -0.25) is 0 Å². The Labute approximate surface area is 96.5 Å². The summed E-state index contributed by atoms with van der Waals surface area (Å²) in [5.41, 5.74) is -0.268. The lowest BCUT2D eigenvalue weighted by atomic mass is 10.2. The molecule has 0 N–H and O–H groups in total. The van der Waals surface area contributed by atoms with Gasteiger partial charge in [0.15, 0.2) is 0 Å². The molecule has 0 bridgehead atoms. The molecular formula is C11H11ClO2S. The van der Waals surface area contributed by atoms with Crippen molar-refractivity contribution in [1.29, 1.82) is 0 Å². The number of halogens is 1. The topological polar surface area (TPSA) is 30.2 Å². The monoisotopic (exact) mass is 242 g/mol. The summed E-state index contributed by atoms with van der Waals surface area (Å²) in [4.78, 5) is 11.6. The van der Waals surface area contributed by atoms with E-state index in [2.05, 4.69) is 6.92 Å². The van der Waals surface area contributed by atoms with Gasteiger partial charge < -0.3 is 4.42 Å². The Morgan fingerprint density at radius 1 is 1.53 bits per heavy atom. The second kappa shape index (κ2) is 4.37. The molecule has 0 amide bonds. The summed E-state index contributed by atoms with van der Waals surface area (Å²) >= 11 is 7.53. The molecule has 2 heterocycles. The van der Waals surface area contributed by atoms with E-state index in [1.807, 2.05) is 11.4 Å². The molecule has 0 unspecified atom stereocenters. The molecule has 0 aliphatic carbocycles. The smallest absolute Gasteiger partial charge is 0.354 e. The molecule has 2 rings (SSSR count). The van der Waals surface area contributed by atoms with Gasteiger partial charge in [-0.2, -0.15) is 0 Å². The molecule has 0 saturated heterocycles. The lowest BCUT2D eigenvalue weighted by Crippen LogP contribution is -2.01. The van der Waals surface area contributed by atoms with Gasteiger partial charge in [-0.1, -0.05) is 24.9 Å². The molecule has 0 spiro atoms. The van der Waals surface area contributed by atoms with Crippen molar-refractivity contribution in [2.75, 3.05) is 0 Å². The van der Waals surface area contributed by atoms with Crippen LogP contribution in [0.15, 0.2) is 20.7 Å². The van der Waals surface area contributed by atoms with Gasteiger partial charge >= 0.3 is 5.63 Å². The molecule has 2 nitrogen and oxygen atoms in total. The largest absolute Gasteiger partial charge is 0.425 e. The first-order chi connectivity index (χ1) is 7.24. The van der Waals surface area contributed by atoms with Gasteiger partial charge in [-0.25, -0.2) is 4.79 Å². The SMILES string of the molecule is CCCCc1oc(=O)c2sccc2c1Cl. The second-order valence-electron chi connectivity index (χ2n) is 3.39. The van der Waals surface area contributed by atoms with Crippen LogP contribution < -0.4 is 5.63 Å². The molecule has 0 saturated carbocycles. The fraction of sp³-hybridized carbons (Fsp3) is 0.364. The minimum atomic E-state index is -0.268. The van der Waals surface area contributed by atoms with E-state index < -0.39 is 0 Å².